The maximum atomic E-state index is 14.7. The second kappa shape index (κ2) is 20.3. The van der Waals surface area contributed by atoms with Crippen LogP contribution < -0.4 is 4.74 Å². The van der Waals surface area contributed by atoms with Crippen molar-refractivity contribution in [3.05, 3.63) is 233 Å². The highest BCUT2D eigenvalue weighted by molar-refractivity contribution is 6.39. The maximum absolute atomic E-state index is 14.7. The van der Waals surface area contributed by atoms with E-state index < -0.39 is 30.6 Å². The fourth-order valence-corrected chi connectivity index (χ4v) is 10.5. The Balaban J connectivity index is 1.07. The van der Waals surface area contributed by atoms with Crippen LogP contribution in [0.3, 0.4) is 0 Å². The lowest BCUT2D eigenvalue weighted by Crippen LogP contribution is -2.59. The van der Waals surface area contributed by atoms with E-state index in [2.05, 4.69) is 9.55 Å². The molecule has 2 aliphatic heterocycles. The molecule has 12 rings (SSSR count). The molecule has 0 unspecified atom stereocenters. The number of fused-ring (bicyclic) bond motifs is 10. The van der Waals surface area contributed by atoms with Gasteiger partial charge in [-0.2, -0.15) is 0 Å². The van der Waals surface area contributed by atoms with Crippen LogP contribution in [0.5, 0.6) is 5.75 Å². The van der Waals surface area contributed by atoms with Gasteiger partial charge in [-0.3, -0.25) is 14.5 Å². The largest absolute Gasteiger partial charge is 0.489 e. The summed E-state index contributed by atoms with van der Waals surface area (Å²) in [7, 11) is 1.55. The number of nitrogens with zero attached hydrogens (tertiary/aromatic N) is 2. The molecule has 1 N–H and O–H groups in total. The van der Waals surface area contributed by atoms with E-state index in [1.807, 2.05) is 194 Å². The summed E-state index contributed by atoms with van der Waals surface area (Å²) in [6.45, 7) is 1.65. The number of rotatable bonds is 17. The first-order valence-corrected chi connectivity index (χ1v) is 24.8. The molecular weight excluding hydrogens is 915 g/mol. The van der Waals surface area contributed by atoms with Crippen LogP contribution in [0.4, 0.5) is 0 Å². The third-order valence-corrected chi connectivity index (χ3v) is 14.1. The normalized spacial score (nSPS) is 18.9. The maximum Gasteiger partial charge on any atom is 0.262 e. The van der Waals surface area contributed by atoms with E-state index in [1.165, 1.54) is 4.90 Å². The van der Waals surface area contributed by atoms with Crippen LogP contribution >= 0.6 is 0 Å². The Morgan fingerprint density at radius 1 is 0.507 bits per heavy atom. The van der Waals surface area contributed by atoms with Crippen LogP contribution in [-0.2, 0) is 56.7 Å². The van der Waals surface area contributed by atoms with E-state index in [-0.39, 0.29) is 38.2 Å². The average molecular weight is 968 g/mol. The van der Waals surface area contributed by atoms with Crippen LogP contribution in [0.15, 0.2) is 194 Å². The third kappa shape index (κ3) is 8.96. The summed E-state index contributed by atoms with van der Waals surface area (Å²) in [5.74, 6) is -0.0892. The van der Waals surface area contributed by atoms with Gasteiger partial charge in [0, 0.05) is 34.7 Å². The van der Waals surface area contributed by atoms with Crippen molar-refractivity contribution in [1.29, 1.82) is 0 Å². The minimum atomic E-state index is -0.906. The fraction of sp³-hybridized carbons (Fsp3) is 0.194. The average Bonchev–Trinajstić information content (AvgIpc) is 4.06. The molecule has 73 heavy (non-hydrogen) atoms. The van der Waals surface area contributed by atoms with Crippen molar-refractivity contribution in [3.63, 3.8) is 0 Å². The first-order chi connectivity index (χ1) is 36.0. The number of carbonyl (C=O) groups excluding carboxylic acids is 2. The summed E-state index contributed by atoms with van der Waals surface area (Å²) in [6, 6.07) is 64.1. The second-order valence-corrected chi connectivity index (χ2v) is 18.7. The molecule has 0 spiro atoms. The Hall–Kier alpha value is -7.90. The Labute approximate surface area is 422 Å². The molecule has 2 aromatic heterocycles. The van der Waals surface area contributed by atoms with Crippen molar-refractivity contribution in [2.75, 3.05) is 13.7 Å². The van der Waals surface area contributed by atoms with Gasteiger partial charge in [-0.15, -0.1) is 0 Å². The molecule has 11 nitrogen and oxygen atoms in total. The van der Waals surface area contributed by atoms with Crippen LogP contribution in [-0.4, -0.2) is 64.3 Å². The zero-order valence-electron chi connectivity index (χ0n) is 40.3. The monoisotopic (exact) mass is 967 g/mol. The molecule has 1 saturated heterocycles. The number of nitrogens with one attached hydrogen (secondary N) is 1. The molecule has 8 aromatic carbocycles. The second-order valence-electron chi connectivity index (χ2n) is 18.7. The van der Waals surface area contributed by atoms with E-state index >= 15 is 0 Å². The number of amides is 2. The molecule has 0 saturated carbocycles. The lowest BCUT2D eigenvalue weighted by Gasteiger charge is -2.47. The molecule has 4 heterocycles. The highest BCUT2D eigenvalue weighted by Crippen LogP contribution is 2.48. The molecule has 1 fully saturated rings. The molecule has 2 aliphatic rings. The van der Waals surface area contributed by atoms with E-state index in [0.29, 0.717) is 51.9 Å². The lowest BCUT2D eigenvalue weighted by atomic mass is 9.95. The predicted octanol–water partition coefficient (Wildman–Crippen LogP) is 12.1. The summed E-state index contributed by atoms with van der Waals surface area (Å²) in [5.41, 5.74) is 8.58. The van der Waals surface area contributed by atoms with Crippen molar-refractivity contribution < 1.29 is 38.0 Å². The fourth-order valence-electron chi connectivity index (χ4n) is 10.5. The Kier molecular flexibility index (Phi) is 12.9. The lowest BCUT2D eigenvalue weighted by molar-refractivity contribution is -0.288. The number of benzene rings is 8. The summed E-state index contributed by atoms with van der Waals surface area (Å²) in [4.78, 5) is 34.2. The topological polar surface area (TPSA) is 113 Å². The quantitative estimate of drug-likeness (QED) is 0.0898. The zero-order chi connectivity index (χ0) is 49.3. The van der Waals surface area contributed by atoms with E-state index in [0.717, 1.165) is 49.6 Å². The number of carbonyl (C=O) groups is 2. The van der Waals surface area contributed by atoms with Gasteiger partial charge < -0.3 is 38.0 Å². The van der Waals surface area contributed by atoms with Gasteiger partial charge in [0.15, 0.2) is 6.23 Å². The van der Waals surface area contributed by atoms with Crippen molar-refractivity contribution >= 4 is 55.4 Å². The minimum Gasteiger partial charge on any atom is -0.489 e. The molecule has 5 atom stereocenters. The van der Waals surface area contributed by atoms with E-state index in [9.17, 15) is 9.59 Å². The Morgan fingerprint density at radius 3 is 1.59 bits per heavy atom. The van der Waals surface area contributed by atoms with Gasteiger partial charge in [0.05, 0.1) is 66.2 Å². The first-order valence-electron chi connectivity index (χ1n) is 24.8. The van der Waals surface area contributed by atoms with Gasteiger partial charge in [0.1, 0.15) is 36.8 Å². The molecule has 2 amide bonds. The van der Waals surface area contributed by atoms with Crippen molar-refractivity contribution in [1.82, 2.24) is 14.5 Å². The van der Waals surface area contributed by atoms with Crippen molar-refractivity contribution in [3.8, 4) is 5.75 Å². The number of ether oxygens (including phenoxy) is 6. The van der Waals surface area contributed by atoms with Crippen LogP contribution in [0, 0.1) is 0 Å². The minimum absolute atomic E-state index is 0.152. The number of H-pyrrole nitrogens is 1. The number of para-hydroxylation sites is 1. The van der Waals surface area contributed by atoms with E-state index in [4.69, 9.17) is 28.4 Å². The van der Waals surface area contributed by atoms with Gasteiger partial charge >= 0.3 is 0 Å². The Bertz CT molecular complexity index is 3570. The van der Waals surface area contributed by atoms with E-state index in [1.54, 1.807) is 7.05 Å². The van der Waals surface area contributed by atoms with Gasteiger partial charge in [-0.05, 0) is 46.0 Å². The number of hydrogen-bond acceptors (Lipinski definition) is 8. The van der Waals surface area contributed by atoms with Crippen molar-refractivity contribution in [2.45, 2.75) is 63.7 Å². The molecule has 11 heteroatoms. The van der Waals surface area contributed by atoms with Gasteiger partial charge in [0.2, 0.25) is 0 Å². The summed E-state index contributed by atoms with van der Waals surface area (Å²) in [5, 5.41) is 2.84. The molecular formula is C62H53N3O8. The summed E-state index contributed by atoms with van der Waals surface area (Å²) < 4.78 is 44.2. The third-order valence-electron chi connectivity index (χ3n) is 14.1. The molecule has 0 bridgehead atoms. The zero-order valence-corrected chi connectivity index (χ0v) is 40.3. The van der Waals surface area contributed by atoms with Crippen LogP contribution in [0.25, 0.3) is 43.6 Å². The molecule has 0 aliphatic carbocycles. The van der Waals surface area contributed by atoms with Crippen LogP contribution in [0.2, 0.25) is 0 Å². The number of aromatic amines is 1. The smallest absolute Gasteiger partial charge is 0.262 e. The summed E-state index contributed by atoms with van der Waals surface area (Å²) in [6.07, 6.45) is -3.85. The highest BCUT2D eigenvalue weighted by Gasteiger charge is 2.51. The standard InChI is InChI=1S/C62H53N3O8/c1-64-60(66)53-51-46-32-31-45(69-35-41-21-9-3-10-22-41)33-48(46)63-55(51)56-52(54(53)61(64)67)47-29-17-18-30-49(47)65(56)62-59(72-38-44-27-15-6-16-28-44)58(71-37-43-25-13-5-14-26-43)57(70-36-42-23-11-4-12-24-42)50(73-62)39-68-34-40-19-7-2-8-20-40/h2-33,50,57-59,62-63H,34-39H2,1H3/t50-,57-,58+,59-,62-/m1/s1. The van der Waals surface area contributed by atoms with Gasteiger partial charge in [-0.1, -0.05) is 170 Å². The first kappa shape index (κ1) is 46.2. The van der Waals surface area contributed by atoms with Crippen molar-refractivity contribution in [2.24, 2.45) is 0 Å². The van der Waals surface area contributed by atoms with Gasteiger partial charge in [0.25, 0.3) is 11.8 Å². The molecule has 10 aromatic rings. The van der Waals surface area contributed by atoms with Crippen LogP contribution in [0.1, 0.15) is 54.8 Å². The van der Waals surface area contributed by atoms with Gasteiger partial charge in [-0.25, -0.2) is 0 Å². The predicted molar refractivity (Wildman–Crippen MR) is 281 cm³/mol. The molecule has 364 valence electrons. The molecule has 0 radical (unpaired) electrons. The highest BCUT2D eigenvalue weighted by atomic mass is 16.6. The summed E-state index contributed by atoms with van der Waals surface area (Å²) >= 11 is 0. The Morgan fingerprint density at radius 2 is 1.00 bits per heavy atom. The SMILES string of the molecule is CN1C(=O)c2c(c3c4ccccc4n([C@@H]4O[C@H](COCc5ccccc5)[C@@H](OCc5ccccc5)[C@H](OCc5ccccc5)[C@H]4OCc4ccccc4)c3c3[nH]c4cc(OCc5ccccc5)ccc4c23)C1=O. The number of imide groups is 1. The number of aromatic nitrogens is 2. The number of hydrogen-bond donors (Lipinski definition) is 1.